The average Bonchev–Trinajstić information content (AvgIpc) is 3.12. The molecule has 4 nitrogen and oxygen atoms in total. The van der Waals surface area contributed by atoms with E-state index in [0.717, 1.165) is 18.2 Å². The summed E-state index contributed by atoms with van der Waals surface area (Å²) in [6.45, 7) is 0.945. The molecule has 0 atom stereocenters. The molecular weight excluding hydrogens is 334 g/mol. The monoisotopic (exact) mass is 350 g/mol. The lowest BCUT2D eigenvalue weighted by Crippen LogP contribution is -2.41. The van der Waals surface area contributed by atoms with E-state index in [-0.39, 0.29) is 23.4 Å². The highest BCUT2D eigenvalue weighted by molar-refractivity contribution is 7.12. The van der Waals surface area contributed by atoms with Gasteiger partial charge >= 0.3 is 0 Å². The van der Waals surface area contributed by atoms with Crippen LogP contribution < -0.4 is 5.32 Å². The van der Waals surface area contributed by atoms with E-state index in [1.165, 1.54) is 11.3 Å². The van der Waals surface area contributed by atoms with Crippen LogP contribution in [0.5, 0.6) is 0 Å². The summed E-state index contributed by atoms with van der Waals surface area (Å²) in [4.78, 5) is 26.9. The number of anilines is 1. The number of hydrogen-bond donors (Lipinski definition) is 1. The molecule has 1 aliphatic rings. The third-order valence-corrected chi connectivity index (χ3v) is 4.93. The number of carbonyl (C=O) groups excluding carboxylic acids is 2. The molecule has 1 aromatic heterocycles. The van der Waals surface area contributed by atoms with E-state index in [1.54, 1.807) is 11.0 Å². The maximum Gasteiger partial charge on any atom is 0.263 e. The van der Waals surface area contributed by atoms with E-state index in [2.05, 4.69) is 5.32 Å². The molecule has 1 saturated heterocycles. The largest absolute Gasteiger partial charge is 0.338 e. The number of likely N-dealkylation sites (tertiary alicyclic amines) is 1. The second-order valence-corrected chi connectivity index (χ2v) is 6.60. The molecule has 0 saturated carbocycles. The number of piperidine rings is 1. The van der Waals surface area contributed by atoms with E-state index in [0.29, 0.717) is 30.8 Å². The van der Waals surface area contributed by atoms with Crippen LogP contribution in [0.4, 0.5) is 14.5 Å². The minimum atomic E-state index is -0.671. The average molecular weight is 350 g/mol. The van der Waals surface area contributed by atoms with Gasteiger partial charge in [-0.05, 0) is 36.4 Å². The van der Waals surface area contributed by atoms with E-state index >= 15 is 0 Å². The Bertz CT molecular complexity index is 741. The Hall–Kier alpha value is -2.28. The van der Waals surface area contributed by atoms with Gasteiger partial charge in [-0.1, -0.05) is 6.07 Å². The number of hydrogen-bond acceptors (Lipinski definition) is 3. The van der Waals surface area contributed by atoms with E-state index < -0.39 is 11.6 Å². The van der Waals surface area contributed by atoms with E-state index in [4.69, 9.17) is 0 Å². The second-order valence-electron chi connectivity index (χ2n) is 5.66. The van der Waals surface area contributed by atoms with Crippen LogP contribution >= 0.6 is 11.3 Å². The molecule has 2 amide bonds. The van der Waals surface area contributed by atoms with Gasteiger partial charge in [-0.3, -0.25) is 9.59 Å². The lowest BCUT2D eigenvalue weighted by Gasteiger charge is -2.31. The van der Waals surface area contributed by atoms with Gasteiger partial charge < -0.3 is 10.2 Å². The maximum atomic E-state index is 13.6. The Morgan fingerprint density at radius 3 is 2.58 bits per heavy atom. The van der Waals surface area contributed by atoms with Gasteiger partial charge in [-0.15, -0.1) is 11.3 Å². The van der Waals surface area contributed by atoms with Crippen molar-refractivity contribution >= 4 is 28.8 Å². The zero-order valence-corrected chi connectivity index (χ0v) is 13.6. The molecule has 1 aromatic carbocycles. The van der Waals surface area contributed by atoms with Crippen LogP contribution in [-0.4, -0.2) is 29.8 Å². The summed E-state index contributed by atoms with van der Waals surface area (Å²) in [6.07, 6.45) is 1.000. The summed E-state index contributed by atoms with van der Waals surface area (Å²) in [7, 11) is 0. The van der Waals surface area contributed by atoms with Crippen molar-refractivity contribution in [1.29, 1.82) is 0 Å². The summed E-state index contributed by atoms with van der Waals surface area (Å²) in [5.74, 6) is -1.97. The Balaban J connectivity index is 1.57. The molecule has 1 fully saturated rings. The number of amides is 2. The van der Waals surface area contributed by atoms with Crippen LogP contribution in [0.15, 0.2) is 35.7 Å². The smallest absolute Gasteiger partial charge is 0.263 e. The first-order valence-corrected chi connectivity index (χ1v) is 8.51. The Morgan fingerprint density at radius 2 is 1.92 bits per heavy atom. The molecule has 0 bridgehead atoms. The van der Waals surface area contributed by atoms with Crippen molar-refractivity contribution in [2.75, 3.05) is 18.4 Å². The molecule has 0 unspecified atom stereocenters. The minimum Gasteiger partial charge on any atom is -0.338 e. The quantitative estimate of drug-likeness (QED) is 0.921. The molecule has 0 spiro atoms. The number of rotatable bonds is 3. The molecule has 2 aromatic rings. The summed E-state index contributed by atoms with van der Waals surface area (Å²) < 4.78 is 26.7. The fourth-order valence-corrected chi connectivity index (χ4v) is 3.42. The molecule has 0 aliphatic carbocycles. The number of nitrogens with one attached hydrogen (secondary N) is 1. The Kier molecular flexibility index (Phi) is 4.89. The van der Waals surface area contributed by atoms with Gasteiger partial charge in [0.1, 0.15) is 11.6 Å². The molecule has 24 heavy (non-hydrogen) atoms. The Labute approximate surface area is 142 Å². The van der Waals surface area contributed by atoms with Crippen molar-refractivity contribution in [2.45, 2.75) is 12.8 Å². The Morgan fingerprint density at radius 1 is 1.17 bits per heavy atom. The van der Waals surface area contributed by atoms with Crippen LogP contribution in [0.3, 0.4) is 0 Å². The standard InChI is InChI=1S/C17H16F2N2O2S/c18-12-3-4-13(19)14(10-12)20-16(22)11-5-7-21(8-6-11)17(23)15-2-1-9-24-15/h1-4,9-11H,5-8H2,(H,20,22). The number of halogens is 2. The van der Waals surface area contributed by atoms with Gasteiger partial charge in [0.05, 0.1) is 10.6 Å². The zero-order valence-electron chi connectivity index (χ0n) is 12.8. The normalized spacial score (nSPS) is 15.3. The molecule has 0 radical (unpaired) electrons. The van der Waals surface area contributed by atoms with Crippen LogP contribution in [-0.2, 0) is 4.79 Å². The molecule has 126 valence electrons. The van der Waals surface area contributed by atoms with Crippen molar-refractivity contribution < 1.29 is 18.4 Å². The minimum absolute atomic E-state index is 0.0277. The summed E-state index contributed by atoms with van der Waals surface area (Å²) in [5, 5.41) is 4.29. The van der Waals surface area contributed by atoms with Crippen LogP contribution in [0, 0.1) is 17.6 Å². The van der Waals surface area contributed by atoms with Crippen molar-refractivity contribution in [3.63, 3.8) is 0 Å². The molecule has 1 N–H and O–H groups in total. The van der Waals surface area contributed by atoms with Crippen molar-refractivity contribution in [3.05, 3.63) is 52.2 Å². The first kappa shape index (κ1) is 16.6. The van der Waals surface area contributed by atoms with Gasteiger partial charge in [0, 0.05) is 25.1 Å². The van der Waals surface area contributed by atoms with Gasteiger partial charge in [0.15, 0.2) is 0 Å². The van der Waals surface area contributed by atoms with Gasteiger partial charge in [0.2, 0.25) is 5.91 Å². The molecule has 3 rings (SSSR count). The summed E-state index contributed by atoms with van der Waals surface area (Å²) in [6, 6.07) is 6.54. The van der Waals surface area contributed by atoms with Crippen molar-refractivity contribution in [2.24, 2.45) is 5.92 Å². The van der Waals surface area contributed by atoms with Crippen molar-refractivity contribution in [1.82, 2.24) is 4.90 Å². The van der Waals surface area contributed by atoms with Crippen LogP contribution in [0.25, 0.3) is 0 Å². The van der Waals surface area contributed by atoms with Crippen LogP contribution in [0.2, 0.25) is 0 Å². The first-order valence-electron chi connectivity index (χ1n) is 7.63. The van der Waals surface area contributed by atoms with Gasteiger partial charge in [0.25, 0.3) is 5.91 Å². The highest BCUT2D eigenvalue weighted by Crippen LogP contribution is 2.23. The summed E-state index contributed by atoms with van der Waals surface area (Å²) in [5.41, 5.74) is -0.155. The van der Waals surface area contributed by atoms with Gasteiger partial charge in [-0.2, -0.15) is 0 Å². The highest BCUT2D eigenvalue weighted by atomic mass is 32.1. The fourth-order valence-electron chi connectivity index (χ4n) is 2.73. The molecule has 1 aliphatic heterocycles. The van der Waals surface area contributed by atoms with Gasteiger partial charge in [-0.25, -0.2) is 8.78 Å². The highest BCUT2D eigenvalue weighted by Gasteiger charge is 2.28. The number of thiophene rings is 1. The zero-order chi connectivity index (χ0) is 17.1. The topological polar surface area (TPSA) is 49.4 Å². The number of benzene rings is 1. The third-order valence-electron chi connectivity index (χ3n) is 4.07. The number of carbonyl (C=O) groups is 2. The predicted octanol–water partition coefficient (Wildman–Crippen LogP) is 3.52. The van der Waals surface area contributed by atoms with Crippen molar-refractivity contribution in [3.8, 4) is 0 Å². The van der Waals surface area contributed by atoms with E-state index in [1.807, 2.05) is 11.4 Å². The number of nitrogens with zero attached hydrogens (tertiary/aromatic N) is 1. The van der Waals surface area contributed by atoms with Crippen LogP contribution in [0.1, 0.15) is 22.5 Å². The predicted molar refractivity (Wildman–Crippen MR) is 87.9 cm³/mol. The third kappa shape index (κ3) is 3.62. The summed E-state index contributed by atoms with van der Waals surface area (Å²) >= 11 is 1.39. The van der Waals surface area contributed by atoms with E-state index in [9.17, 15) is 18.4 Å². The molecular formula is C17H16F2N2O2S. The fraction of sp³-hybridized carbons (Fsp3) is 0.294. The lowest BCUT2D eigenvalue weighted by molar-refractivity contribution is -0.121. The lowest BCUT2D eigenvalue weighted by atomic mass is 9.95. The molecule has 2 heterocycles. The second kappa shape index (κ2) is 7.09. The maximum absolute atomic E-state index is 13.6. The molecule has 7 heteroatoms. The first-order chi connectivity index (χ1) is 11.5. The SMILES string of the molecule is O=C(Nc1cc(F)ccc1F)C1CCN(C(=O)c2cccs2)CC1.